The summed E-state index contributed by atoms with van der Waals surface area (Å²) in [5.41, 5.74) is -1.28. The fourth-order valence-electron chi connectivity index (χ4n) is 2.21. The first-order chi connectivity index (χ1) is 13.1. The number of ether oxygens (including phenoxy) is 2. The van der Waals surface area contributed by atoms with Gasteiger partial charge in [-0.15, -0.1) is 0 Å². The molecule has 2 rings (SSSR count). The Hall–Kier alpha value is -3.47. The van der Waals surface area contributed by atoms with Gasteiger partial charge in [-0.25, -0.2) is 27.2 Å². The maximum Gasteiger partial charge on any atom is 0.338 e. The van der Waals surface area contributed by atoms with Gasteiger partial charge in [-0.2, -0.15) is 0 Å². The lowest BCUT2D eigenvalue weighted by atomic mass is 10.1. The van der Waals surface area contributed by atoms with Gasteiger partial charge in [-0.3, -0.25) is 4.72 Å². The van der Waals surface area contributed by atoms with Crippen molar-refractivity contribution in [2.75, 3.05) is 18.9 Å². The Morgan fingerprint density at radius 1 is 0.964 bits per heavy atom. The molecule has 0 spiro atoms. The zero-order valence-electron chi connectivity index (χ0n) is 14.6. The molecule has 2 N–H and O–H groups in total. The van der Waals surface area contributed by atoms with Crippen LogP contribution in [0.25, 0.3) is 0 Å². The number of anilines is 1. The molecule has 0 radical (unpaired) electrons. The van der Waals surface area contributed by atoms with Crippen LogP contribution < -0.4 is 4.72 Å². The molecular formula is C17H14FNO8S. The zero-order valence-corrected chi connectivity index (χ0v) is 15.4. The lowest BCUT2D eigenvalue weighted by molar-refractivity contribution is 0.0597. The molecule has 0 bridgehead atoms. The molecule has 2 aromatic carbocycles. The number of hydrogen-bond donors (Lipinski definition) is 2. The van der Waals surface area contributed by atoms with Crippen molar-refractivity contribution in [1.29, 1.82) is 0 Å². The molecule has 0 heterocycles. The van der Waals surface area contributed by atoms with E-state index in [9.17, 15) is 27.2 Å². The van der Waals surface area contributed by atoms with Gasteiger partial charge >= 0.3 is 17.9 Å². The Balaban J connectivity index is 2.51. The fraction of sp³-hybridized carbons (Fsp3) is 0.118. The van der Waals surface area contributed by atoms with Crippen LogP contribution in [0.5, 0.6) is 0 Å². The van der Waals surface area contributed by atoms with E-state index in [1.165, 1.54) is 0 Å². The Morgan fingerprint density at radius 2 is 1.50 bits per heavy atom. The van der Waals surface area contributed by atoms with E-state index in [-0.39, 0.29) is 16.8 Å². The molecule has 0 atom stereocenters. The van der Waals surface area contributed by atoms with Gasteiger partial charge in [0, 0.05) is 0 Å². The van der Waals surface area contributed by atoms with Crippen LogP contribution in [0, 0.1) is 5.82 Å². The molecule has 0 aromatic heterocycles. The predicted molar refractivity (Wildman–Crippen MR) is 93.3 cm³/mol. The lowest BCUT2D eigenvalue weighted by Crippen LogP contribution is -2.16. The molecule has 0 fully saturated rings. The molecule has 0 amide bonds. The molecular weight excluding hydrogens is 397 g/mol. The summed E-state index contributed by atoms with van der Waals surface area (Å²) in [6.07, 6.45) is 0. The van der Waals surface area contributed by atoms with Crippen molar-refractivity contribution >= 4 is 33.6 Å². The van der Waals surface area contributed by atoms with Crippen molar-refractivity contribution < 1.29 is 41.8 Å². The maximum absolute atomic E-state index is 13.5. The monoisotopic (exact) mass is 411 g/mol. The van der Waals surface area contributed by atoms with Crippen LogP contribution in [-0.2, 0) is 19.5 Å². The average molecular weight is 411 g/mol. The van der Waals surface area contributed by atoms with Crippen molar-refractivity contribution in [3.63, 3.8) is 0 Å². The second-order valence-electron chi connectivity index (χ2n) is 5.33. The van der Waals surface area contributed by atoms with Gasteiger partial charge in [0.25, 0.3) is 10.0 Å². The standard InChI is InChI=1S/C17H14FNO8S/c1-26-16(22)9-5-10(17(23)27-2)7-11(6-9)19-28(24,25)12-3-4-14(18)13(8-12)15(20)21/h3-8,19H,1-2H3,(H,20,21). The second-order valence-corrected chi connectivity index (χ2v) is 7.02. The van der Waals surface area contributed by atoms with Crippen molar-refractivity contribution in [1.82, 2.24) is 0 Å². The Labute approximate surface area is 158 Å². The summed E-state index contributed by atoms with van der Waals surface area (Å²) in [4.78, 5) is 34.0. The Bertz CT molecular complexity index is 1030. The van der Waals surface area contributed by atoms with Crippen LogP contribution in [0.2, 0.25) is 0 Å². The minimum atomic E-state index is -4.37. The first-order valence-electron chi connectivity index (χ1n) is 7.46. The molecule has 0 aliphatic carbocycles. The average Bonchev–Trinajstić information content (AvgIpc) is 2.65. The van der Waals surface area contributed by atoms with Gasteiger partial charge in [0.2, 0.25) is 0 Å². The summed E-state index contributed by atoms with van der Waals surface area (Å²) in [6, 6.07) is 5.58. The minimum Gasteiger partial charge on any atom is -0.478 e. The summed E-state index contributed by atoms with van der Waals surface area (Å²) in [7, 11) is -2.17. The molecule has 0 saturated carbocycles. The first-order valence-corrected chi connectivity index (χ1v) is 8.94. The summed E-state index contributed by atoms with van der Waals surface area (Å²) in [5, 5.41) is 8.94. The molecule has 0 unspecified atom stereocenters. The van der Waals surface area contributed by atoms with Gasteiger partial charge in [0.05, 0.1) is 41.5 Å². The van der Waals surface area contributed by atoms with E-state index < -0.39 is 44.2 Å². The SMILES string of the molecule is COC(=O)c1cc(NS(=O)(=O)c2ccc(F)c(C(=O)O)c2)cc(C(=O)OC)c1. The highest BCUT2D eigenvalue weighted by atomic mass is 32.2. The van der Waals surface area contributed by atoms with Gasteiger partial charge in [-0.05, 0) is 36.4 Å². The Morgan fingerprint density at radius 3 is 1.96 bits per heavy atom. The normalized spacial score (nSPS) is 10.8. The fourth-order valence-corrected chi connectivity index (χ4v) is 3.27. The van der Waals surface area contributed by atoms with Crippen LogP contribution in [0.1, 0.15) is 31.1 Å². The first kappa shape index (κ1) is 20.8. The number of carboxylic acids is 1. The largest absolute Gasteiger partial charge is 0.478 e. The third-order valence-corrected chi connectivity index (χ3v) is 4.88. The number of halogens is 1. The molecule has 0 aliphatic heterocycles. The predicted octanol–water partition coefficient (Wildman–Crippen LogP) is 1.90. The summed E-state index contributed by atoms with van der Waals surface area (Å²) in [6.45, 7) is 0. The van der Waals surface area contributed by atoms with Crippen LogP contribution >= 0.6 is 0 Å². The van der Waals surface area contributed by atoms with Crippen LogP contribution in [0.4, 0.5) is 10.1 Å². The smallest absolute Gasteiger partial charge is 0.338 e. The Kier molecular flexibility index (Phi) is 5.99. The number of hydrogen-bond acceptors (Lipinski definition) is 7. The molecule has 148 valence electrons. The van der Waals surface area contributed by atoms with Crippen LogP contribution in [0.3, 0.4) is 0 Å². The van der Waals surface area contributed by atoms with Crippen molar-refractivity contribution in [2.45, 2.75) is 4.90 Å². The number of carbonyl (C=O) groups is 3. The van der Waals surface area contributed by atoms with E-state index in [0.717, 1.165) is 38.5 Å². The second kappa shape index (κ2) is 8.05. The van der Waals surface area contributed by atoms with E-state index in [2.05, 4.69) is 14.2 Å². The van der Waals surface area contributed by atoms with Gasteiger partial charge < -0.3 is 14.6 Å². The number of nitrogens with one attached hydrogen (secondary N) is 1. The number of carboxylic acid groups (broad SMARTS) is 1. The number of rotatable bonds is 6. The topological polar surface area (TPSA) is 136 Å². The summed E-state index contributed by atoms with van der Waals surface area (Å²) < 4.78 is 49.8. The number of carbonyl (C=O) groups excluding carboxylic acids is 2. The van der Waals surface area contributed by atoms with Crippen molar-refractivity contribution in [2.24, 2.45) is 0 Å². The molecule has 0 saturated heterocycles. The van der Waals surface area contributed by atoms with E-state index in [4.69, 9.17) is 5.11 Å². The lowest BCUT2D eigenvalue weighted by Gasteiger charge is -2.11. The summed E-state index contributed by atoms with van der Waals surface area (Å²) >= 11 is 0. The molecule has 9 nitrogen and oxygen atoms in total. The van der Waals surface area contributed by atoms with Crippen LogP contribution in [0.15, 0.2) is 41.3 Å². The molecule has 28 heavy (non-hydrogen) atoms. The highest BCUT2D eigenvalue weighted by Crippen LogP contribution is 2.22. The number of sulfonamides is 1. The van der Waals surface area contributed by atoms with E-state index in [1.807, 2.05) is 0 Å². The molecule has 11 heteroatoms. The number of aromatic carboxylic acids is 1. The van der Waals surface area contributed by atoms with Gasteiger partial charge in [0.1, 0.15) is 5.82 Å². The zero-order chi connectivity index (χ0) is 21.1. The minimum absolute atomic E-state index is 0.131. The maximum atomic E-state index is 13.5. The van der Waals surface area contributed by atoms with E-state index in [1.54, 1.807) is 0 Å². The third-order valence-electron chi connectivity index (χ3n) is 3.51. The number of benzene rings is 2. The third kappa shape index (κ3) is 4.43. The highest BCUT2D eigenvalue weighted by Gasteiger charge is 2.21. The van der Waals surface area contributed by atoms with Crippen molar-refractivity contribution in [3.05, 3.63) is 58.9 Å². The molecule has 0 aliphatic rings. The van der Waals surface area contributed by atoms with Gasteiger partial charge in [-0.1, -0.05) is 0 Å². The van der Waals surface area contributed by atoms with Crippen LogP contribution in [-0.4, -0.2) is 45.7 Å². The van der Waals surface area contributed by atoms with Gasteiger partial charge in [0.15, 0.2) is 0 Å². The quantitative estimate of drug-likeness (QED) is 0.688. The highest BCUT2D eigenvalue weighted by molar-refractivity contribution is 7.92. The number of esters is 2. The molecule has 2 aromatic rings. The summed E-state index contributed by atoms with van der Waals surface area (Å²) in [5.74, 6) is -4.41. The van der Waals surface area contributed by atoms with E-state index in [0.29, 0.717) is 12.1 Å². The number of methoxy groups -OCH3 is 2. The van der Waals surface area contributed by atoms with Crippen molar-refractivity contribution in [3.8, 4) is 0 Å². The van der Waals surface area contributed by atoms with E-state index >= 15 is 0 Å².